The van der Waals surface area contributed by atoms with Crippen LogP contribution in [0.1, 0.15) is 24.0 Å². The normalized spacial score (nSPS) is 16.1. The van der Waals surface area contributed by atoms with Crippen molar-refractivity contribution in [2.45, 2.75) is 32.7 Å². The summed E-state index contributed by atoms with van der Waals surface area (Å²) in [7, 11) is 0. The van der Waals surface area contributed by atoms with Gasteiger partial charge in [-0.25, -0.2) is 0 Å². The van der Waals surface area contributed by atoms with E-state index in [0.29, 0.717) is 6.54 Å². The molecule has 4 nitrogen and oxygen atoms in total. The first-order valence-corrected chi connectivity index (χ1v) is 6.83. The van der Waals surface area contributed by atoms with Gasteiger partial charge < -0.3 is 15.4 Å². The standard InChI is InChI=1S/C15H22N2O2/c1-11-3-4-14(12(2)9-11)16-10-15(18)17-13-5-7-19-8-6-13/h3-4,9,13,16H,5-8,10H2,1-2H3,(H,17,18). The van der Waals surface area contributed by atoms with E-state index in [1.807, 2.05) is 19.1 Å². The third-order valence-corrected chi connectivity index (χ3v) is 3.41. The number of hydrogen-bond acceptors (Lipinski definition) is 3. The van der Waals surface area contributed by atoms with Crippen molar-refractivity contribution in [3.63, 3.8) is 0 Å². The molecule has 1 aliphatic heterocycles. The largest absolute Gasteiger partial charge is 0.381 e. The molecule has 1 aromatic rings. The molecule has 0 unspecified atom stereocenters. The second kappa shape index (κ2) is 6.57. The molecule has 4 heteroatoms. The van der Waals surface area contributed by atoms with E-state index in [4.69, 9.17) is 4.74 Å². The zero-order valence-corrected chi connectivity index (χ0v) is 11.7. The minimum atomic E-state index is 0.0480. The first-order valence-electron chi connectivity index (χ1n) is 6.83. The molecule has 1 fully saturated rings. The molecular weight excluding hydrogens is 240 g/mol. The van der Waals surface area contributed by atoms with Gasteiger partial charge >= 0.3 is 0 Å². The lowest BCUT2D eigenvalue weighted by Gasteiger charge is -2.23. The summed E-state index contributed by atoms with van der Waals surface area (Å²) in [6.45, 7) is 5.92. The van der Waals surface area contributed by atoms with Gasteiger partial charge in [0.05, 0.1) is 6.54 Å². The lowest BCUT2D eigenvalue weighted by molar-refractivity contribution is -0.120. The number of benzene rings is 1. The molecule has 2 rings (SSSR count). The van der Waals surface area contributed by atoms with Crippen molar-refractivity contribution in [2.24, 2.45) is 0 Å². The van der Waals surface area contributed by atoms with E-state index in [1.54, 1.807) is 0 Å². The van der Waals surface area contributed by atoms with E-state index < -0.39 is 0 Å². The molecule has 0 saturated carbocycles. The Kier molecular flexibility index (Phi) is 4.80. The Labute approximate surface area is 114 Å². The number of carbonyl (C=O) groups is 1. The molecule has 19 heavy (non-hydrogen) atoms. The first-order chi connectivity index (χ1) is 9.15. The average Bonchev–Trinajstić information content (AvgIpc) is 2.39. The zero-order chi connectivity index (χ0) is 13.7. The predicted octanol–water partition coefficient (Wildman–Crippen LogP) is 2.01. The summed E-state index contributed by atoms with van der Waals surface area (Å²) in [5.41, 5.74) is 3.42. The van der Waals surface area contributed by atoms with E-state index in [9.17, 15) is 4.79 Å². The van der Waals surface area contributed by atoms with Crippen LogP contribution in [0.5, 0.6) is 0 Å². The molecular formula is C15H22N2O2. The van der Waals surface area contributed by atoms with Gasteiger partial charge in [0.15, 0.2) is 0 Å². The third-order valence-electron chi connectivity index (χ3n) is 3.41. The van der Waals surface area contributed by atoms with Gasteiger partial charge in [-0.05, 0) is 38.3 Å². The molecule has 1 aromatic carbocycles. The molecule has 0 aliphatic carbocycles. The van der Waals surface area contributed by atoms with Crippen LogP contribution in [0.15, 0.2) is 18.2 Å². The Bertz CT molecular complexity index is 440. The highest BCUT2D eigenvalue weighted by Gasteiger charge is 2.15. The van der Waals surface area contributed by atoms with E-state index in [2.05, 4.69) is 23.6 Å². The molecule has 1 aliphatic rings. The van der Waals surface area contributed by atoms with Crippen LogP contribution < -0.4 is 10.6 Å². The zero-order valence-electron chi connectivity index (χ0n) is 11.7. The minimum absolute atomic E-state index is 0.0480. The maximum atomic E-state index is 11.8. The summed E-state index contributed by atoms with van der Waals surface area (Å²) in [6.07, 6.45) is 1.82. The Morgan fingerprint density at radius 3 is 2.74 bits per heavy atom. The summed E-state index contributed by atoms with van der Waals surface area (Å²) < 4.78 is 5.27. The molecule has 1 heterocycles. The van der Waals surface area contributed by atoms with Gasteiger partial charge in [0.25, 0.3) is 0 Å². The number of rotatable bonds is 4. The van der Waals surface area contributed by atoms with Crippen LogP contribution in [-0.4, -0.2) is 31.7 Å². The second-order valence-corrected chi connectivity index (χ2v) is 5.13. The van der Waals surface area contributed by atoms with Crippen molar-refractivity contribution in [3.05, 3.63) is 29.3 Å². The Morgan fingerprint density at radius 1 is 1.32 bits per heavy atom. The molecule has 104 valence electrons. The number of hydrogen-bond donors (Lipinski definition) is 2. The van der Waals surface area contributed by atoms with Crippen LogP contribution in [0.25, 0.3) is 0 Å². The lowest BCUT2D eigenvalue weighted by atomic mass is 10.1. The highest BCUT2D eigenvalue weighted by Crippen LogP contribution is 2.15. The molecule has 0 atom stereocenters. The van der Waals surface area contributed by atoms with Crippen molar-refractivity contribution in [1.29, 1.82) is 0 Å². The van der Waals surface area contributed by atoms with Gasteiger partial charge in [-0.3, -0.25) is 4.79 Å². The fourth-order valence-electron chi connectivity index (χ4n) is 2.31. The highest BCUT2D eigenvalue weighted by molar-refractivity contribution is 5.81. The predicted molar refractivity (Wildman–Crippen MR) is 76.4 cm³/mol. The van der Waals surface area contributed by atoms with Crippen LogP contribution >= 0.6 is 0 Å². The molecule has 0 bridgehead atoms. The molecule has 0 aromatic heterocycles. The summed E-state index contributed by atoms with van der Waals surface area (Å²) in [6, 6.07) is 6.44. The first kappa shape index (κ1) is 13.9. The monoisotopic (exact) mass is 262 g/mol. The van der Waals surface area contributed by atoms with Gasteiger partial charge in [0.2, 0.25) is 5.91 Å². The number of aryl methyl sites for hydroxylation is 2. The van der Waals surface area contributed by atoms with Crippen molar-refractivity contribution in [1.82, 2.24) is 5.32 Å². The molecule has 2 N–H and O–H groups in total. The minimum Gasteiger partial charge on any atom is -0.381 e. The summed E-state index contributed by atoms with van der Waals surface area (Å²) in [4.78, 5) is 11.8. The molecule has 1 amide bonds. The van der Waals surface area contributed by atoms with Crippen molar-refractivity contribution >= 4 is 11.6 Å². The van der Waals surface area contributed by atoms with Gasteiger partial charge in [0, 0.05) is 24.9 Å². The quantitative estimate of drug-likeness (QED) is 0.872. The van der Waals surface area contributed by atoms with Crippen molar-refractivity contribution in [3.8, 4) is 0 Å². The summed E-state index contributed by atoms with van der Waals surface area (Å²) in [5, 5.41) is 6.22. The lowest BCUT2D eigenvalue weighted by Crippen LogP contribution is -2.41. The van der Waals surface area contributed by atoms with Gasteiger partial charge in [-0.15, -0.1) is 0 Å². The van der Waals surface area contributed by atoms with Crippen LogP contribution in [0.2, 0.25) is 0 Å². The smallest absolute Gasteiger partial charge is 0.239 e. The number of amides is 1. The fourth-order valence-corrected chi connectivity index (χ4v) is 2.31. The Hall–Kier alpha value is -1.55. The number of anilines is 1. The van der Waals surface area contributed by atoms with E-state index in [1.165, 1.54) is 11.1 Å². The summed E-state index contributed by atoms with van der Waals surface area (Å²) >= 11 is 0. The molecule has 0 radical (unpaired) electrons. The van der Waals surface area contributed by atoms with Crippen LogP contribution in [0.3, 0.4) is 0 Å². The second-order valence-electron chi connectivity index (χ2n) is 5.13. The highest BCUT2D eigenvalue weighted by atomic mass is 16.5. The van der Waals surface area contributed by atoms with Crippen LogP contribution in [0, 0.1) is 13.8 Å². The third kappa shape index (κ3) is 4.24. The number of carbonyl (C=O) groups excluding carboxylic acids is 1. The van der Waals surface area contributed by atoms with Gasteiger partial charge in [-0.1, -0.05) is 17.7 Å². The molecule has 1 saturated heterocycles. The Balaban J connectivity index is 1.79. The average molecular weight is 262 g/mol. The van der Waals surface area contributed by atoms with Crippen molar-refractivity contribution < 1.29 is 9.53 Å². The maximum Gasteiger partial charge on any atom is 0.239 e. The maximum absolute atomic E-state index is 11.8. The van der Waals surface area contributed by atoms with E-state index >= 15 is 0 Å². The fraction of sp³-hybridized carbons (Fsp3) is 0.533. The van der Waals surface area contributed by atoms with E-state index in [0.717, 1.165) is 31.7 Å². The topological polar surface area (TPSA) is 50.4 Å². The van der Waals surface area contributed by atoms with Gasteiger partial charge in [-0.2, -0.15) is 0 Å². The number of ether oxygens (including phenoxy) is 1. The van der Waals surface area contributed by atoms with Crippen LogP contribution in [0.4, 0.5) is 5.69 Å². The van der Waals surface area contributed by atoms with Crippen LogP contribution in [-0.2, 0) is 9.53 Å². The van der Waals surface area contributed by atoms with Gasteiger partial charge in [0.1, 0.15) is 0 Å². The summed E-state index contributed by atoms with van der Waals surface area (Å²) in [5.74, 6) is 0.0480. The van der Waals surface area contributed by atoms with Crippen molar-refractivity contribution in [2.75, 3.05) is 25.1 Å². The Morgan fingerprint density at radius 2 is 2.05 bits per heavy atom. The van der Waals surface area contributed by atoms with E-state index in [-0.39, 0.29) is 11.9 Å². The SMILES string of the molecule is Cc1ccc(NCC(=O)NC2CCOCC2)c(C)c1. The molecule has 0 spiro atoms. The number of nitrogens with one attached hydrogen (secondary N) is 2.